The van der Waals surface area contributed by atoms with Gasteiger partial charge in [-0.15, -0.1) is 0 Å². The number of ether oxygens (including phenoxy) is 1. The van der Waals surface area contributed by atoms with E-state index in [0.717, 1.165) is 29.7 Å². The normalized spacial score (nSPS) is 14.0. The predicted molar refractivity (Wildman–Crippen MR) is 86.7 cm³/mol. The van der Waals surface area contributed by atoms with Gasteiger partial charge in [-0.3, -0.25) is 9.78 Å². The third-order valence-electron chi connectivity index (χ3n) is 3.98. The minimum atomic E-state index is 0.194. The smallest absolute Gasteiger partial charge is 0.227 e. The molecule has 0 aromatic carbocycles. The van der Waals surface area contributed by atoms with E-state index in [1.165, 1.54) is 5.56 Å². The quantitative estimate of drug-likeness (QED) is 0.852. The van der Waals surface area contributed by atoms with Crippen LogP contribution in [0.3, 0.4) is 0 Å². The average Bonchev–Trinajstić information content (AvgIpc) is 3.05. The number of carbonyl (C=O) groups is 1. The fourth-order valence-corrected chi connectivity index (χ4v) is 3.47. The van der Waals surface area contributed by atoms with Crippen molar-refractivity contribution in [2.24, 2.45) is 0 Å². The van der Waals surface area contributed by atoms with E-state index in [0.29, 0.717) is 26.2 Å². The van der Waals surface area contributed by atoms with Gasteiger partial charge in [-0.1, -0.05) is 0 Å². The van der Waals surface area contributed by atoms with Crippen molar-refractivity contribution in [3.63, 3.8) is 0 Å². The Hall–Kier alpha value is -1.72. The van der Waals surface area contributed by atoms with Crippen LogP contribution in [0.15, 0.2) is 29.2 Å². The first kappa shape index (κ1) is 15.2. The van der Waals surface area contributed by atoms with Crippen LogP contribution in [0.4, 0.5) is 0 Å². The van der Waals surface area contributed by atoms with E-state index in [-0.39, 0.29) is 5.91 Å². The van der Waals surface area contributed by atoms with Gasteiger partial charge < -0.3 is 9.64 Å². The van der Waals surface area contributed by atoms with Gasteiger partial charge in [-0.25, -0.2) is 0 Å². The van der Waals surface area contributed by atoms with Crippen LogP contribution in [-0.4, -0.2) is 28.9 Å². The molecule has 1 amide bonds. The number of hydrogen-bond donors (Lipinski definition) is 0. The Labute approximate surface area is 134 Å². The van der Waals surface area contributed by atoms with Crippen LogP contribution < -0.4 is 0 Å². The van der Waals surface area contributed by atoms with Gasteiger partial charge in [0.05, 0.1) is 13.0 Å². The number of hydrogen-bond acceptors (Lipinski definition) is 4. The van der Waals surface area contributed by atoms with Crippen molar-refractivity contribution >= 4 is 17.2 Å². The molecule has 2 aromatic heterocycles. The number of fused-ring (bicyclic) bond motifs is 1. The summed E-state index contributed by atoms with van der Waals surface area (Å²) in [7, 11) is 0. The summed E-state index contributed by atoms with van der Waals surface area (Å²) < 4.78 is 5.51. The van der Waals surface area contributed by atoms with Gasteiger partial charge in [0.1, 0.15) is 0 Å². The number of nitrogens with zero attached hydrogens (tertiary/aromatic N) is 2. The summed E-state index contributed by atoms with van der Waals surface area (Å²) in [5.41, 5.74) is 4.72. The summed E-state index contributed by atoms with van der Waals surface area (Å²) in [6.07, 6.45) is 5.15. The lowest BCUT2D eigenvalue weighted by atomic mass is 9.97. The molecule has 1 aliphatic heterocycles. The highest BCUT2D eigenvalue weighted by atomic mass is 32.1. The summed E-state index contributed by atoms with van der Waals surface area (Å²) >= 11 is 1.63. The molecule has 2 aromatic rings. The number of rotatable bonds is 5. The SMILES string of the molecule is CCOCc1cncc2c1CCN(C(=O)Cc1ccsc1)C2. The monoisotopic (exact) mass is 316 g/mol. The topological polar surface area (TPSA) is 42.4 Å². The molecule has 0 N–H and O–H groups in total. The van der Waals surface area contributed by atoms with E-state index < -0.39 is 0 Å². The molecule has 0 aliphatic carbocycles. The highest BCUT2D eigenvalue weighted by Gasteiger charge is 2.22. The van der Waals surface area contributed by atoms with Crippen LogP contribution in [0.25, 0.3) is 0 Å². The second-order valence-corrected chi connectivity index (χ2v) is 6.23. The number of aromatic nitrogens is 1. The summed E-state index contributed by atoms with van der Waals surface area (Å²) in [5, 5.41) is 4.05. The van der Waals surface area contributed by atoms with Gasteiger partial charge in [0, 0.05) is 32.1 Å². The van der Waals surface area contributed by atoms with Crippen molar-refractivity contribution in [3.05, 3.63) is 51.5 Å². The van der Waals surface area contributed by atoms with E-state index in [1.54, 1.807) is 11.3 Å². The summed E-state index contributed by atoms with van der Waals surface area (Å²) in [6, 6.07) is 2.02. The van der Waals surface area contributed by atoms with E-state index >= 15 is 0 Å². The molecule has 3 heterocycles. The first-order valence-electron chi connectivity index (χ1n) is 7.59. The molecular weight excluding hydrogens is 296 g/mol. The highest BCUT2D eigenvalue weighted by Crippen LogP contribution is 2.23. The van der Waals surface area contributed by atoms with Gasteiger partial charge in [-0.05, 0) is 52.4 Å². The van der Waals surface area contributed by atoms with Crippen molar-refractivity contribution < 1.29 is 9.53 Å². The summed E-state index contributed by atoms with van der Waals surface area (Å²) in [6.45, 7) is 4.74. The van der Waals surface area contributed by atoms with Gasteiger partial charge in [0.2, 0.25) is 5.91 Å². The molecule has 1 aliphatic rings. The predicted octanol–water partition coefficient (Wildman–Crippen LogP) is 2.81. The van der Waals surface area contributed by atoms with E-state index in [9.17, 15) is 4.79 Å². The van der Waals surface area contributed by atoms with Crippen LogP contribution in [-0.2, 0) is 35.5 Å². The third kappa shape index (κ3) is 3.36. The van der Waals surface area contributed by atoms with Gasteiger partial charge in [0.25, 0.3) is 0 Å². The minimum absolute atomic E-state index is 0.194. The second-order valence-electron chi connectivity index (χ2n) is 5.45. The second kappa shape index (κ2) is 7.03. The molecular formula is C17H20N2O2S. The molecule has 0 fully saturated rings. The number of thiophene rings is 1. The molecule has 0 unspecified atom stereocenters. The first-order valence-corrected chi connectivity index (χ1v) is 8.53. The molecule has 5 heteroatoms. The minimum Gasteiger partial charge on any atom is -0.377 e. The molecule has 22 heavy (non-hydrogen) atoms. The standard InChI is InChI=1S/C17H20N2O2S/c1-2-21-11-15-9-18-8-14-10-19(5-3-16(14)15)17(20)7-13-4-6-22-12-13/h4,6,8-9,12H,2-3,5,7,10-11H2,1H3. The number of amides is 1. The van der Waals surface area contributed by atoms with E-state index in [1.807, 2.05) is 41.0 Å². The maximum Gasteiger partial charge on any atom is 0.227 e. The lowest BCUT2D eigenvalue weighted by molar-refractivity contribution is -0.131. The Kier molecular flexibility index (Phi) is 4.85. The fraction of sp³-hybridized carbons (Fsp3) is 0.412. The molecule has 0 spiro atoms. The molecule has 0 radical (unpaired) electrons. The molecule has 4 nitrogen and oxygen atoms in total. The lowest BCUT2D eigenvalue weighted by Crippen LogP contribution is -2.37. The zero-order valence-electron chi connectivity index (χ0n) is 12.7. The van der Waals surface area contributed by atoms with Crippen molar-refractivity contribution in [3.8, 4) is 0 Å². The van der Waals surface area contributed by atoms with Crippen molar-refractivity contribution in [2.75, 3.05) is 13.2 Å². The number of carbonyl (C=O) groups excluding carboxylic acids is 1. The van der Waals surface area contributed by atoms with E-state index in [4.69, 9.17) is 4.74 Å². The van der Waals surface area contributed by atoms with Crippen LogP contribution >= 0.6 is 11.3 Å². The fourth-order valence-electron chi connectivity index (χ4n) is 2.80. The number of pyridine rings is 1. The third-order valence-corrected chi connectivity index (χ3v) is 4.71. The van der Waals surface area contributed by atoms with Gasteiger partial charge in [-0.2, -0.15) is 11.3 Å². The Morgan fingerprint density at radius 1 is 1.45 bits per heavy atom. The summed E-state index contributed by atoms with van der Waals surface area (Å²) in [5.74, 6) is 0.194. The Morgan fingerprint density at radius 3 is 3.14 bits per heavy atom. The average molecular weight is 316 g/mol. The van der Waals surface area contributed by atoms with Crippen molar-refractivity contribution in [2.45, 2.75) is 32.9 Å². The van der Waals surface area contributed by atoms with Crippen LogP contribution in [0.2, 0.25) is 0 Å². The lowest BCUT2D eigenvalue weighted by Gasteiger charge is -2.30. The van der Waals surface area contributed by atoms with Crippen LogP contribution in [0.1, 0.15) is 29.2 Å². The van der Waals surface area contributed by atoms with Gasteiger partial charge >= 0.3 is 0 Å². The zero-order valence-corrected chi connectivity index (χ0v) is 13.6. The Balaban J connectivity index is 1.69. The van der Waals surface area contributed by atoms with Crippen molar-refractivity contribution in [1.29, 1.82) is 0 Å². The Morgan fingerprint density at radius 2 is 2.36 bits per heavy atom. The molecule has 0 saturated carbocycles. The van der Waals surface area contributed by atoms with Crippen molar-refractivity contribution in [1.82, 2.24) is 9.88 Å². The molecule has 116 valence electrons. The largest absolute Gasteiger partial charge is 0.377 e. The zero-order chi connectivity index (χ0) is 15.4. The molecule has 0 bridgehead atoms. The maximum absolute atomic E-state index is 12.4. The maximum atomic E-state index is 12.4. The molecule has 0 atom stereocenters. The van der Waals surface area contributed by atoms with Crippen LogP contribution in [0.5, 0.6) is 0 Å². The Bertz CT molecular complexity index is 640. The summed E-state index contributed by atoms with van der Waals surface area (Å²) in [4.78, 5) is 18.7. The van der Waals surface area contributed by atoms with E-state index in [2.05, 4.69) is 4.98 Å². The van der Waals surface area contributed by atoms with Gasteiger partial charge in [0.15, 0.2) is 0 Å². The highest BCUT2D eigenvalue weighted by molar-refractivity contribution is 7.07. The molecule has 0 saturated heterocycles. The first-order chi connectivity index (χ1) is 10.8. The molecule has 3 rings (SSSR count). The van der Waals surface area contributed by atoms with Crippen LogP contribution in [0, 0.1) is 0 Å².